The second kappa shape index (κ2) is 22.7. The molecule has 0 N–H and O–H groups in total. The topological polar surface area (TPSA) is 0 Å². The van der Waals surface area contributed by atoms with Crippen LogP contribution in [0.1, 0.15) is 0 Å². The summed E-state index contributed by atoms with van der Waals surface area (Å²) in [5.41, 5.74) is 18.0. The predicted octanol–water partition coefficient (Wildman–Crippen LogP) is 17.6. The van der Waals surface area contributed by atoms with Crippen molar-refractivity contribution in [2.45, 2.75) is 0 Å². The minimum Gasteiger partial charge on any atom is -0.184 e. The van der Waals surface area contributed by atoms with Crippen LogP contribution in [0, 0.1) is 6.07 Å². The second-order valence-corrected chi connectivity index (χ2v) is 21.9. The molecular formula is C66H45Cl2SiZr-3. The summed E-state index contributed by atoms with van der Waals surface area (Å²) in [4.78, 5) is 0. The van der Waals surface area contributed by atoms with Crippen LogP contribution in [0.15, 0.2) is 273 Å². The summed E-state index contributed by atoms with van der Waals surface area (Å²) in [6.45, 7) is 0. The van der Waals surface area contributed by atoms with Gasteiger partial charge >= 0.3 is 37.9 Å². The predicted molar refractivity (Wildman–Crippen MR) is 299 cm³/mol. The number of fused-ring (bicyclic) bond motifs is 5. The number of hydrogen-bond donors (Lipinski definition) is 0. The second-order valence-electron chi connectivity index (χ2n) is 16.9. The van der Waals surface area contributed by atoms with E-state index in [0.29, 0.717) is 0 Å². The Labute approximate surface area is 432 Å². The van der Waals surface area contributed by atoms with Crippen molar-refractivity contribution >= 4 is 58.5 Å². The zero-order valence-electron chi connectivity index (χ0n) is 38.2. The summed E-state index contributed by atoms with van der Waals surface area (Å²) < 4.78 is 0. The molecule has 0 spiro atoms. The molecule has 12 aromatic rings. The molecule has 0 saturated heterocycles. The van der Waals surface area contributed by atoms with Crippen LogP contribution in [0.5, 0.6) is 0 Å². The standard InChI is InChI=1S/2C27H19.C12H7Si.2ClH.Zr/c2*1-4-10-20(11-5-1)24-18-23-16-17-25(21-12-6-2-7-13-21)27(26(23)19-24)22-14-8-3-9-15-22;1-3-7-11-9(5-1)10-6-2-4-8-12(10)13-11;;;/h2*1-19H;1-7H;2*1H;/q3*-1;;;+2/p-2. The maximum atomic E-state index is 4.93. The van der Waals surface area contributed by atoms with Crippen LogP contribution in [-0.2, 0) is 20.8 Å². The first-order chi connectivity index (χ1) is 34.7. The van der Waals surface area contributed by atoms with Crippen molar-refractivity contribution in [2.24, 2.45) is 0 Å². The minimum atomic E-state index is -0.826. The van der Waals surface area contributed by atoms with Crippen LogP contribution >= 0.6 is 17.0 Å². The SMILES string of the molecule is [Cl][Zr][Cl].[c-]1cccc2c1[Si]c1ccccc1-2.c1ccc(-c2cc3c(-c4ccccc4)c(-c4ccccc4)ccc3[cH-]2)cc1.c1ccc(-c2cc3c(-c4ccccc4)c(-c4ccccc4)ccc3[cH-]2)cc1. The van der Waals surface area contributed by atoms with Crippen LogP contribution in [-0.4, -0.2) is 9.52 Å². The van der Waals surface area contributed by atoms with Gasteiger partial charge in [-0.2, -0.15) is 29.5 Å². The number of rotatable bonds is 6. The monoisotopic (exact) mass is 1030 g/mol. The molecule has 1 aliphatic heterocycles. The molecule has 1 aliphatic rings. The van der Waals surface area contributed by atoms with Gasteiger partial charge < -0.3 is 0 Å². The molecule has 0 atom stereocenters. The van der Waals surface area contributed by atoms with E-state index < -0.39 is 20.8 Å². The smallest absolute Gasteiger partial charge is 0.0920 e. The van der Waals surface area contributed by atoms with Gasteiger partial charge in [0.05, 0.1) is 9.52 Å². The Morgan fingerprint density at radius 1 is 0.343 bits per heavy atom. The molecule has 0 unspecified atom stereocenters. The van der Waals surface area contributed by atoms with Gasteiger partial charge in [-0.25, -0.2) is 0 Å². The zero-order valence-corrected chi connectivity index (χ0v) is 43.2. The molecule has 12 aromatic carbocycles. The Morgan fingerprint density at radius 2 is 0.700 bits per heavy atom. The molecule has 1 heterocycles. The first-order valence-electron chi connectivity index (χ1n) is 23.3. The summed E-state index contributed by atoms with van der Waals surface area (Å²) in [5.74, 6) is 0. The quantitative estimate of drug-likeness (QED) is 0.115. The van der Waals surface area contributed by atoms with Crippen molar-refractivity contribution in [3.63, 3.8) is 0 Å². The first kappa shape index (κ1) is 46.8. The Bertz CT molecular complexity index is 3350. The molecule has 0 amide bonds. The number of benzene rings is 10. The van der Waals surface area contributed by atoms with E-state index in [2.05, 4.69) is 273 Å². The maximum absolute atomic E-state index is 4.93. The van der Waals surface area contributed by atoms with Gasteiger partial charge in [0.1, 0.15) is 0 Å². The van der Waals surface area contributed by atoms with Gasteiger partial charge in [0, 0.05) is 0 Å². The van der Waals surface area contributed by atoms with Crippen molar-refractivity contribution < 1.29 is 20.8 Å². The summed E-state index contributed by atoms with van der Waals surface area (Å²) in [6, 6.07) is 100. The molecular weight excluding hydrogens is 983 g/mol. The molecule has 2 radical (unpaired) electrons. The van der Waals surface area contributed by atoms with E-state index >= 15 is 0 Å². The maximum Gasteiger partial charge on any atom is 0.0920 e. The largest absolute Gasteiger partial charge is 0.184 e. The molecule has 0 bridgehead atoms. The molecule has 0 saturated carbocycles. The zero-order chi connectivity index (χ0) is 47.5. The van der Waals surface area contributed by atoms with E-state index in [9.17, 15) is 0 Å². The molecule has 0 aromatic heterocycles. The molecule has 0 fully saturated rings. The molecule has 4 heteroatoms. The van der Waals surface area contributed by atoms with Gasteiger partial charge in [-0.15, -0.1) is 74.6 Å². The van der Waals surface area contributed by atoms with Crippen LogP contribution in [0.4, 0.5) is 0 Å². The van der Waals surface area contributed by atoms with Crippen molar-refractivity contribution in [1.82, 2.24) is 0 Å². The van der Waals surface area contributed by atoms with Crippen molar-refractivity contribution in [2.75, 3.05) is 0 Å². The third-order valence-electron chi connectivity index (χ3n) is 12.6. The van der Waals surface area contributed by atoms with Crippen LogP contribution in [0.3, 0.4) is 0 Å². The molecule has 0 nitrogen and oxygen atoms in total. The third kappa shape index (κ3) is 10.5. The molecule has 334 valence electrons. The third-order valence-corrected chi connectivity index (χ3v) is 14.0. The number of hydrogen-bond acceptors (Lipinski definition) is 0. The summed E-state index contributed by atoms with van der Waals surface area (Å²) in [6.07, 6.45) is 0. The van der Waals surface area contributed by atoms with E-state index in [1.807, 2.05) is 6.07 Å². The van der Waals surface area contributed by atoms with E-state index in [-0.39, 0.29) is 0 Å². The summed E-state index contributed by atoms with van der Waals surface area (Å²) >= 11 is -0.826. The van der Waals surface area contributed by atoms with Gasteiger partial charge in [-0.3, -0.25) is 0 Å². The van der Waals surface area contributed by atoms with E-state index in [0.717, 1.165) is 9.52 Å². The van der Waals surface area contributed by atoms with E-state index in [1.54, 1.807) is 0 Å². The molecule has 13 rings (SSSR count). The van der Waals surface area contributed by atoms with Gasteiger partial charge in [0.15, 0.2) is 0 Å². The van der Waals surface area contributed by atoms with Crippen molar-refractivity contribution in [1.29, 1.82) is 0 Å². The van der Waals surface area contributed by atoms with Gasteiger partial charge in [0.2, 0.25) is 0 Å². The van der Waals surface area contributed by atoms with E-state index in [4.69, 9.17) is 17.0 Å². The fraction of sp³-hybridized carbons (Fsp3) is 0. The summed E-state index contributed by atoms with van der Waals surface area (Å²) in [5, 5.41) is 8.01. The Balaban J connectivity index is 0.000000125. The Hall–Kier alpha value is -6.90. The fourth-order valence-corrected chi connectivity index (χ4v) is 10.7. The normalized spacial score (nSPS) is 10.9. The average molecular weight is 1030 g/mol. The van der Waals surface area contributed by atoms with Crippen LogP contribution < -0.4 is 10.4 Å². The molecule has 0 aliphatic carbocycles. The van der Waals surface area contributed by atoms with Crippen LogP contribution in [0.2, 0.25) is 0 Å². The fourth-order valence-electron chi connectivity index (χ4n) is 9.43. The summed E-state index contributed by atoms with van der Waals surface area (Å²) in [7, 11) is 10.7. The Kier molecular flexibility index (Phi) is 15.2. The first-order valence-corrected chi connectivity index (χ1v) is 30.6. The average Bonchev–Trinajstić information content (AvgIpc) is 4.19. The van der Waals surface area contributed by atoms with Gasteiger partial charge in [-0.05, 0) is 44.5 Å². The molecule has 70 heavy (non-hydrogen) atoms. The number of halogens is 2. The van der Waals surface area contributed by atoms with Gasteiger partial charge in [-0.1, -0.05) is 240 Å². The van der Waals surface area contributed by atoms with Crippen molar-refractivity contribution in [3.8, 4) is 77.9 Å². The Morgan fingerprint density at radius 3 is 1.13 bits per heavy atom. The van der Waals surface area contributed by atoms with E-state index in [1.165, 1.54) is 110 Å². The van der Waals surface area contributed by atoms with Crippen molar-refractivity contribution in [3.05, 3.63) is 279 Å². The minimum absolute atomic E-state index is 0.795. The van der Waals surface area contributed by atoms with Gasteiger partial charge in [0.25, 0.3) is 0 Å². The van der Waals surface area contributed by atoms with Crippen LogP contribution in [0.25, 0.3) is 99.4 Å².